The zero-order valence-corrected chi connectivity index (χ0v) is 10.5. The number of hydrogen-bond donors (Lipinski definition) is 2. The number of carbonyl (C=O) groups excluding carboxylic acids is 1. The minimum absolute atomic E-state index is 0.0644. The number of thioether (sulfide) groups is 1. The van der Waals surface area contributed by atoms with E-state index < -0.39 is 0 Å². The second-order valence-electron chi connectivity index (χ2n) is 4.33. The number of hydrogen-bond acceptors (Lipinski definition) is 3. The molecular formula is C11H22N2OS. The van der Waals surface area contributed by atoms with Crippen LogP contribution in [-0.2, 0) is 4.79 Å². The van der Waals surface area contributed by atoms with E-state index in [0.29, 0.717) is 5.25 Å². The van der Waals surface area contributed by atoms with Gasteiger partial charge in [-0.3, -0.25) is 4.79 Å². The quantitative estimate of drug-likeness (QED) is 0.750. The first-order valence-corrected chi connectivity index (χ1v) is 7.00. The summed E-state index contributed by atoms with van der Waals surface area (Å²) in [7, 11) is 0. The van der Waals surface area contributed by atoms with E-state index in [9.17, 15) is 4.79 Å². The van der Waals surface area contributed by atoms with Crippen molar-refractivity contribution in [1.29, 1.82) is 0 Å². The lowest BCUT2D eigenvalue weighted by molar-refractivity contribution is -0.125. The molecule has 1 saturated carbocycles. The van der Waals surface area contributed by atoms with Crippen LogP contribution in [0.1, 0.15) is 32.6 Å². The van der Waals surface area contributed by atoms with Gasteiger partial charge < -0.3 is 11.1 Å². The standard InChI is InChI=1S/C11H22N2OS/c1-8(15-2)6-7-13-11(14)9-4-3-5-10(9)12/h8-10H,3-7,12H2,1-2H3,(H,13,14). The topological polar surface area (TPSA) is 55.1 Å². The molecule has 3 atom stereocenters. The van der Waals surface area contributed by atoms with Crippen LogP contribution < -0.4 is 11.1 Å². The van der Waals surface area contributed by atoms with Crippen molar-refractivity contribution in [3.63, 3.8) is 0 Å². The van der Waals surface area contributed by atoms with Gasteiger partial charge in [0.2, 0.25) is 5.91 Å². The molecule has 0 aromatic heterocycles. The van der Waals surface area contributed by atoms with Gasteiger partial charge in [0.05, 0.1) is 5.92 Å². The molecule has 4 heteroatoms. The molecule has 0 saturated heterocycles. The number of nitrogens with one attached hydrogen (secondary N) is 1. The fourth-order valence-electron chi connectivity index (χ4n) is 1.96. The maximum Gasteiger partial charge on any atom is 0.224 e. The summed E-state index contributed by atoms with van der Waals surface area (Å²) < 4.78 is 0. The third-order valence-corrected chi connectivity index (χ3v) is 4.20. The van der Waals surface area contributed by atoms with Gasteiger partial charge in [0, 0.05) is 17.8 Å². The first kappa shape index (κ1) is 12.8. The second-order valence-corrected chi connectivity index (χ2v) is 5.60. The summed E-state index contributed by atoms with van der Waals surface area (Å²) in [5.41, 5.74) is 5.87. The molecular weight excluding hydrogens is 208 g/mol. The highest BCUT2D eigenvalue weighted by Crippen LogP contribution is 2.23. The molecule has 3 nitrogen and oxygen atoms in total. The molecule has 1 amide bonds. The van der Waals surface area contributed by atoms with Crippen LogP contribution in [0.3, 0.4) is 0 Å². The average Bonchev–Trinajstić information content (AvgIpc) is 2.64. The van der Waals surface area contributed by atoms with Crippen LogP contribution in [-0.4, -0.2) is 30.0 Å². The maximum atomic E-state index is 11.7. The first-order valence-electron chi connectivity index (χ1n) is 5.71. The van der Waals surface area contributed by atoms with E-state index in [1.54, 1.807) is 0 Å². The molecule has 1 fully saturated rings. The summed E-state index contributed by atoms with van der Waals surface area (Å²) in [5, 5.41) is 3.60. The van der Waals surface area contributed by atoms with Gasteiger partial charge in [-0.25, -0.2) is 0 Å². The van der Waals surface area contributed by atoms with E-state index in [1.807, 2.05) is 11.8 Å². The van der Waals surface area contributed by atoms with Gasteiger partial charge in [-0.15, -0.1) is 0 Å². The highest BCUT2D eigenvalue weighted by atomic mass is 32.2. The van der Waals surface area contributed by atoms with Crippen molar-refractivity contribution in [3.8, 4) is 0 Å². The van der Waals surface area contributed by atoms with Gasteiger partial charge in [-0.05, 0) is 25.5 Å². The zero-order chi connectivity index (χ0) is 11.3. The first-order chi connectivity index (χ1) is 7.15. The fourth-order valence-corrected chi connectivity index (χ4v) is 2.32. The van der Waals surface area contributed by atoms with E-state index in [0.717, 1.165) is 32.2 Å². The minimum atomic E-state index is 0.0644. The Morgan fingerprint density at radius 3 is 2.87 bits per heavy atom. The summed E-state index contributed by atoms with van der Waals surface area (Å²) in [6, 6.07) is 0.0861. The SMILES string of the molecule is CSC(C)CCNC(=O)C1CCCC1N. The van der Waals surface area contributed by atoms with Gasteiger partial charge in [0.15, 0.2) is 0 Å². The molecule has 0 aliphatic heterocycles. The van der Waals surface area contributed by atoms with Crippen molar-refractivity contribution in [3.05, 3.63) is 0 Å². The number of carbonyl (C=O) groups is 1. The summed E-state index contributed by atoms with van der Waals surface area (Å²) in [5.74, 6) is 0.225. The summed E-state index contributed by atoms with van der Waals surface area (Å²) in [6.07, 6.45) is 6.19. The van der Waals surface area contributed by atoms with E-state index in [1.165, 1.54) is 0 Å². The van der Waals surface area contributed by atoms with Gasteiger partial charge in [-0.2, -0.15) is 11.8 Å². The van der Waals surface area contributed by atoms with Crippen LogP contribution in [0.25, 0.3) is 0 Å². The van der Waals surface area contributed by atoms with Gasteiger partial charge in [0.25, 0.3) is 0 Å². The van der Waals surface area contributed by atoms with E-state index in [-0.39, 0.29) is 17.9 Å². The monoisotopic (exact) mass is 230 g/mol. The van der Waals surface area contributed by atoms with Crippen molar-refractivity contribution in [2.45, 2.75) is 43.9 Å². The van der Waals surface area contributed by atoms with Crippen molar-refractivity contribution in [2.75, 3.05) is 12.8 Å². The van der Waals surface area contributed by atoms with E-state index in [2.05, 4.69) is 18.5 Å². The van der Waals surface area contributed by atoms with Crippen molar-refractivity contribution < 1.29 is 4.79 Å². The molecule has 1 aliphatic carbocycles. The smallest absolute Gasteiger partial charge is 0.224 e. The molecule has 3 N–H and O–H groups in total. The Morgan fingerprint density at radius 1 is 1.60 bits per heavy atom. The molecule has 15 heavy (non-hydrogen) atoms. The minimum Gasteiger partial charge on any atom is -0.356 e. The highest BCUT2D eigenvalue weighted by Gasteiger charge is 2.29. The average molecular weight is 230 g/mol. The van der Waals surface area contributed by atoms with Gasteiger partial charge >= 0.3 is 0 Å². The van der Waals surface area contributed by atoms with Crippen molar-refractivity contribution >= 4 is 17.7 Å². The Balaban J connectivity index is 2.18. The van der Waals surface area contributed by atoms with Crippen LogP contribution in [0.5, 0.6) is 0 Å². The summed E-state index contributed by atoms with van der Waals surface area (Å²) in [6.45, 7) is 2.96. The largest absolute Gasteiger partial charge is 0.356 e. The lowest BCUT2D eigenvalue weighted by Crippen LogP contribution is -2.39. The van der Waals surface area contributed by atoms with Crippen LogP contribution in [0.4, 0.5) is 0 Å². The molecule has 0 radical (unpaired) electrons. The summed E-state index contributed by atoms with van der Waals surface area (Å²) in [4.78, 5) is 11.7. The second kappa shape index (κ2) is 6.38. The predicted molar refractivity (Wildman–Crippen MR) is 65.9 cm³/mol. The van der Waals surface area contributed by atoms with Crippen LogP contribution in [0, 0.1) is 5.92 Å². The van der Waals surface area contributed by atoms with E-state index in [4.69, 9.17) is 5.73 Å². The Kier molecular flexibility index (Phi) is 5.47. The number of rotatable bonds is 5. The third-order valence-electron chi connectivity index (χ3n) is 3.16. The van der Waals surface area contributed by atoms with Gasteiger partial charge in [0.1, 0.15) is 0 Å². The fraction of sp³-hybridized carbons (Fsp3) is 0.909. The van der Waals surface area contributed by atoms with Crippen LogP contribution in [0.2, 0.25) is 0 Å². The molecule has 1 rings (SSSR count). The van der Waals surface area contributed by atoms with Crippen LogP contribution in [0.15, 0.2) is 0 Å². The molecule has 0 aromatic carbocycles. The molecule has 0 spiro atoms. The number of amides is 1. The molecule has 88 valence electrons. The normalized spacial score (nSPS) is 27.7. The maximum absolute atomic E-state index is 11.7. The molecule has 0 aromatic rings. The zero-order valence-electron chi connectivity index (χ0n) is 9.66. The molecule has 0 heterocycles. The Labute approximate surface area is 96.6 Å². The summed E-state index contributed by atoms with van der Waals surface area (Å²) >= 11 is 1.83. The van der Waals surface area contributed by atoms with Gasteiger partial charge in [-0.1, -0.05) is 13.3 Å². The van der Waals surface area contributed by atoms with Crippen molar-refractivity contribution in [1.82, 2.24) is 5.32 Å². The lowest BCUT2D eigenvalue weighted by Gasteiger charge is -2.16. The third kappa shape index (κ3) is 4.03. The number of nitrogens with two attached hydrogens (primary N) is 1. The Hall–Kier alpha value is -0.220. The van der Waals surface area contributed by atoms with Crippen molar-refractivity contribution in [2.24, 2.45) is 11.7 Å². The molecule has 1 aliphatic rings. The Bertz CT molecular complexity index is 211. The highest BCUT2D eigenvalue weighted by molar-refractivity contribution is 7.99. The van der Waals surface area contributed by atoms with E-state index >= 15 is 0 Å². The lowest BCUT2D eigenvalue weighted by atomic mass is 10.0. The van der Waals surface area contributed by atoms with Crippen LogP contribution >= 0.6 is 11.8 Å². The Morgan fingerprint density at radius 2 is 2.33 bits per heavy atom. The molecule has 0 bridgehead atoms. The molecule has 3 unspecified atom stereocenters. The predicted octanol–water partition coefficient (Wildman–Crippen LogP) is 1.37.